The Labute approximate surface area is 131 Å². The Morgan fingerprint density at radius 3 is 2.59 bits per heavy atom. The smallest absolute Gasteiger partial charge is 0.211 e. The second kappa shape index (κ2) is 6.50. The third-order valence-corrected chi connectivity index (χ3v) is 5.20. The molecule has 116 valence electrons. The van der Waals surface area contributed by atoms with Crippen LogP contribution >= 0.6 is 0 Å². The van der Waals surface area contributed by atoms with Crippen molar-refractivity contribution in [2.45, 2.75) is 12.3 Å². The Balaban J connectivity index is 1.55. The Bertz CT molecular complexity index is 729. The van der Waals surface area contributed by atoms with Crippen LogP contribution in [0.15, 0.2) is 54.6 Å². The molecule has 3 rings (SSSR count). The zero-order valence-corrected chi connectivity index (χ0v) is 13.1. The fourth-order valence-corrected chi connectivity index (χ4v) is 3.70. The van der Waals surface area contributed by atoms with Gasteiger partial charge in [0.25, 0.3) is 0 Å². The molecule has 4 nitrogen and oxygen atoms in total. The predicted molar refractivity (Wildman–Crippen MR) is 86.6 cm³/mol. The zero-order valence-electron chi connectivity index (χ0n) is 12.2. The van der Waals surface area contributed by atoms with Gasteiger partial charge in [-0.3, -0.25) is 0 Å². The molecule has 2 aromatic rings. The molecule has 0 saturated carbocycles. The number of benzene rings is 2. The standard InChI is InChI=1S/C17H19NO3S/c19-22(20,11-10-14-6-2-1-3-7-14)18-12-15-13-21-17-9-5-4-8-16(15)17/h1-9,15,18H,10-13H2. The minimum Gasteiger partial charge on any atom is -0.493 e. The average Bonchev–Trinajstić information content (AvgIpc) is 2.96. The second-order valence-corrected chi connectivity index (χ2v) is 7.38. The van der Waals surface area contributed by atoms with Crippen LogP contribution in [0.1, 0.15) is 17.0 Å². The molecule has 5 heteroatoms. The molecule has 0 spiro atoms. The van der Waals surface area contributed by atoms with E-state index in [1.165, 1.54) is 0 Å². The van der Waals surface area contributed by atoms with Gasteiger partial charge in [-0.2, -0.15) is 0 Å². The average molecular weight is 317 g/mol. The van der Waals surface area contributed by atoms with Crippen LogP contribution in [-0.2, 0) is 16.4 Å². The van der Waals surface area contributed by atoms with Crippen LogP contribution in [0.2, 0.25) is 0 Å². The van der Waals surface area contributed by atoms with Gasteiger partial charge in [-0.15, -0.1) is 0 Å². The summed E-state index contributed by atoms with van der Waals surface area (Å²) in [4.78, 5) is 0. The normalized spacial score (nSPS) is 17.0. The molecule has 1 N–H and O–H groups in total. The lowest BCUT2D eigenvalue weighted by atomic mass is 10.0. The summed E-state index contributed by atoms with van der Waals surface area (Å²) >= 11 is 0. The summed E-state index contributed by atoms with van der Waals surface area (Å²) < 4.78 is 32.5. The van der Waals surface area contributed by atoms with Crippen LogP contribution in [0.3, 0.4) is 0 Å². The lowest BCUT2D eigenvalue weighted by Gasteiger charge is -2.11. The summed E-state index contributed by atoms with van der Waals surface area (Å²) in [5.41, 5.74) is 2.11. The summed E-state index contributed by atoms with van der Waals surface area (Å²) in [6.45, 7) is 0.911. The van der Waals surface area contributed by atoms with Gasteiger partial charge in [-0.1, -0.05) is 48.5 Å². The van der Waals surface area contributed by atoms with E-state index in [1.807, 2.05) is 54.6 Å². The van der Waals surface area contributed by atoms with E-state index in [1.54, 1.807) is 0 Å². The van der Waals surface area contributed by atoms with Crippen molar-refractivity contribution in [2.75, 3.05) is 18.9 Å². The fraction of sp³-hybridized carbons (Fsp3) is 0.294. The summed E-state index contributed by atoms with van der Waals surface area (Å²) in [6.07, 6.45) is 0.522. The number of nitrogens with one attached hydrogen (secondary N) is 1. The molecule has 22 heavy (non-hydrogen) atoms. The molecule has 1 aliphatic rings. The molecular formula is C17H19NO3S. The number of aryl methyl sites for hydroxylation is 1. The summed E-state index contributed by atoms with van der Waals surface area (Å²) in [5, 5.41) is 0. The first kappa shape index (κ1) is 15.1. The number of fused-ring (bicyclic) bond motifs is 1. The van der Waals surface area contributed by atoms with Crippen molar-refractivity contribution in [3.8, 4) is 5.75 Å². The first-order valence-electron chi connectivity index (χ1n) is 7.37. The van der Waals surface area contributed by atoms with Gasteiger partial charge in [0.05, 0.1) is 12.4 Å². The van der Waals surface area contributed by atoms with Gasteiger partial charge in [0.2, 0.25) is 10.0 Å². The highest BCUT2D eigenvalue weighted by Crippen LogP contribution is 2.32. The maximum Gasteiger partial charge on any atom is 0.211 e. The van der Waals surface area contributed by atoms with E-state index in [0.717, 1.165) is 16.9 Å². The minimum absolute atomic E-state index is 0.0858. The number of para-hydroxylation sites is 1. The summed E-state index contributed by atoms with van der Waals surface area (Å²) in [6, 6.07) is 17.4. The summed E-state index contributed by atoms with van der Waals surface area (Å²) in [5.74, 6) is 1.05. The maximum atomic E-state index is 12.1. The largest absolute Gasteiger partial charge is 0.493 e. The van der Waals surface area contributed by atoms with Crippen molar-refractivity contribution in [1.29, 1.82) is 0 Å². The maximum absolute atomic E-state index is 12.1. The molecule has 0 radical (unpaired) electrons. The molecule has 0 aliphatic carbocycles. The molecule has 0 saturated heterocycles. The van der Waals surface area contributed by atoms with Crippen molar-refractivity contribution in [2.24, 2.45) is 0 Å². The highest BCUT2D eigenvalue weighted by Gasteiger charge is 2.24. The van der Waals surface area contributed by atoms with E-state index in [-0.39, 0.29) is 11.7 Å². The van der Waals surface area contributed by atoms with E-state index in [4.69, 9.17) is 4.74 Å². The van der Waals surface area contributed by atoms with Gasteiger partial charge < -0.3 is 4.74 Å². The van der Waals surface area contributed by atoms with Crippen molar-refractivity contribution >= 4 is 10.0 Å². The van der Waals surface area contributed by atoms with Gasteiger partial charge in [-0.25, -0.2) is 13.1 Å². The second-order valence-electron chi connectivity index (χ2n) is 5.45. The molecule has 1 aliphatic heterocycles. The van der Waals surface area contributed by atoms with Gasteiger partial charge in [-0.05, 0) is 18.1 Å². The van der Waals surface area contributed by atoms with Crippen LogP contribution in [-0.4, -0.2) is 27.3 Å². The van der Waals surface area contributed by atoms with Crippen molar-refractivity contribution in [3.05, 3.63) is 65.7 Å². The van der Waals surface area contributed by atoms with Gasteiger partial charge in [0.15, 0.2) is 0 Å². The zero-order chi connectivity index (χ0) is 15.4. The number of ether oxygens (including phenoxy) is 1. The van der Waals surface area contributed by atoms with E-state index < -0.39 is 10.0 Å². The van der Waals surface area contributed by atoms with E-state index in [2.05, 4.69) is 4.72 Å². The lowest BCUT2D eigenvalue weighted by molar-refractivity contribution is 0.330. The van der Waals surface area contributed by atoms with Crippen LogP contribution in [0.25, 0.3) is 0 Å². The molecule has 0 aromatic heterocycles. The number of hydrogen-bond donors (Lipinski definition) is 1. The van der Waals surface area contributed by atoms with Crippen LogP contribution in [0, 0.1) is 0 Å². The van der Waals surface area contributed by atoms with E-state index >= 15 is 0 Å². The van der Waals surface area contributed by atoms with Crippen molar-refractivity contribution in [3.63, 3.8) is 0 Å². The Hall–Kier alpha value is -1.85. The SMILES string of the molecule is O=S(=O)(CCc1ccccc1)NCC1COc2ccccc21. The molecule has 1 atom stereocenters. The molecular weight excluding hydrogens is 298 g/mol. The Morgan fingerprint density at radius 2 is 1.77 bits per heavy atom. The van der Waals surface area contributed by atoms with Crippen LogP contribution in [0.4, 0.5) is 0 Å². The quantitative estimate of drug-likeness (QED) is 0.889. The molecule has 0 bridgehead atoms. The van der Waals surface area contributed by atoms with Crippen LogP contribution < -0.4 is 9.46 Å². The van der Waals surface area contributed by atoms with E-state index in [0.29, 0.717) is 19.6 Å². The Morgan fingerprint density at radius 1 is 1.05 bits per heavy atom. The molecule has 0 fully saturated rings. The fourth-order valence-electron chi connectivity index (χ4n) is 2.59. The Kier molecular flexibility index (Phi) is 4.45. The highest BCUT2D eigenvalue weighted by molar-refractivity contribution is 7.89. The highest BCUT2D eigenvalue weighted by atomic mass is 32.2. The van der Waals surface area contributed by atoms with Gasteiger partial charge >= 0.3 is 0 Å². The topological polar surface area (TPSA) is 55.4 Å². The van der Waals surface area contributed by atoms with E-state index in [9.17, 15) is 8.42 Å². The van der Waals surface area contributed by atoms with Crippen molar-refractivity contribution in [1.82, 2.24) is 4.72 Å². The third kappa shape index (κ3) is 3.67. The first-order valence-corrected chi connectivity index (χ1v) is 9.02. The molecule has 1 unspecified atom stereocenters. The predicted octanol–water partition coefficient (Wildman–Crippen LogP) is 2.32. The van der Waals surface area contributed by atoms with Gasteiger partial charge in [0, 0.05) is 18.0 Å². The molecule has 0 amide bonds. The third-order valence-electron chi connectivity index (χ3n) is 3.85. The van der Waals surface area contributed by atoms with Crippen molar-refractivity contribution < 1.29 is 13.2 Å². The van der Waals surface area contributed by atoms with Crippen LogP contribution in [0.5, 0.6) is 5.75 Å². The monoisotopic (exact) mass is 317 g/mol. The number of hydrogen-bond acceptors (Lipinski definition) is 3. The minimum atomic E-state index is -3.28. The number of rotatable bonds is 6. The molecule has 1 heterocycles. The molecule has 2 aromatic carbocycles. The summed E-state index contributed by atoms with van der Waals surface area (Å²) in [7, 11) is -3.28. The lowest BCUT2D eigenvalue weighted by Crippen LogP contribution is -2.31. The first-order chi connectivity index (χ1) is 10.6. The van der Waals surface area contributed by atoms with Gasteiger partial charge in [0.1, 0.15) is 5.75 Å². The number of sulfonamides is 1.